The summed E-state index contributed by atoms with van der Waals surface area (Å²) in [6.07, 6.45) is 13.0. The van der Waals surface area contributed by atoms with E-state index in [2.05, 4.69) is 119 Å². The van der Waals surface area contributed by atoms with E-state index < -0.39 is 0 Å². The van der Waals surface area contributed by atoms with Crippen LogP contribution in [0.3, 0.4) is 0 Å². The lowest BCUT2D eigenvalue weighted by atomic mass is 9.88. The van der Waals surface area contributed by atoms with Crippen molar-refractivity contribution in [3.63, 3.8) is 0 Å². The summed E-state index contributed by atoms with van der Waals surface area (Å²) in [6.45, 7) is 16.9. The lowest BCUT2D eigenvalue weighted by molar-refractivity contribution is 0.999. The summed E-state index contributed by atoms with van der Waals surface area (Å²) in [5, 5.41) is 0. The predicted octanol–water partition coefficient (Wildman–Crippen LogP) is 9.69. The van der Waals surface area contributed by atoms with Gasteiger partial charge in [0, 0.05) is 5.56 Å². The summed E-state index contributed by atoms with van der Waals surface area (Å²) in [5.74, 6) is 2.79. The van der Waals surface area contributed by atoms with Gasteiger partial charge in [0.1, 0.15) is 0 Å². The summed E-state index contributed by atoms with van der Waals surface area (Å²) in [6, 6.07) is 24.0. The van der Waals surface area contributed by atoms with E-state index in [1.54, 1.807) is 0 Å². The lowest BCUT2D eigenvalue weighted by Crippen LogP contribution is -1.95. The Hall–Kier alpha value is -3.56. The van der Waals surface area contributed by atoms with E-state index in [1.165, 1.54) is 39.0 Å². The molecule has 0 heteroatoms. The molecule has 0 aliphatic carbocycles. The molecule has 0 unspecified atom stereocenters. The van der Waals surface area contributed by atoms with E-state index in [1.807, 2.05) is 13.8 Å². The van der Waals surface area contributed by atoms with Crippen LogP contribution in [0, 0.1) is 33.1 Å². The standard InChI is InChI=1S/C33H34.C2H6/c1-7-26(5)33(31-21-15-25(4)16-22-31)32(30-19-13-24(3)14-20-30)12-10-9-11-28-18-17-27(6)29(8-2)23-28;1-2/h2,10,12-23H,5,7,9,11H2,1,3-4,6H3;1-2H3/b12-10-,33-32-;. The Labute approximate surface area is 214 Å². The van der Waals surface area contributed by atoms with E-state index in [0.717, 1.165) is 36.0 Å². The third-order valence-electron chi connectivity index (χ3n) is 6.09. The summed E-state index contributed by atoms with van der Waals surface area (Å²) in [5.41, 5.74) is 12.0. The SMILES string of the molecule is C#Cc1cc(CC/C=C\C(=C(/C(=C)CC)c2ccc(C)cc2)c2ccc(C)cc2)ccc1C.CC. The fourth-order valence-corrected chi connectivity index (χ4v) is 3.94. The molecular weight excluding hydrogens is 420 g/mol. The van der Waals surface area contributed by atoms with Crippen LogP contribution in [-0.4, -0.2) is 0 Å². The minimum atomic E-state index is 0.907. The number of aryl methyl sites for hydroxylation is 4. The molecule has 0 heterocycles. The van der Waals surface area contributed by atoms with Crippen LogP contribution in [0.2, 0.25) is 0 Å². The minimum absolute atomic E-state index is 0.907. The van der Waals surface area contributed by atoms with E-state index in [4.69, 9.17) is 6.42 Å². The smallest absolute Gasteiger partial charge is 0.0274 e. The molecule has 0 aliphatic heterocycles. The summed E-state index contributed by atoms with van der Waals surface area (Å²) >= 11 is 0. The zero-order chi connectivity index (χ0) is 25.8. The van der Waals surface area contributed by atoms with Crippen LogP contribution in [0.5, 0.6) is 0 Å². The molecule has 0 saturated heterocycles. The van der Waals surface area contributed by atoms with Gasteiger partial charge >= 0.3 is 0 Å². The van der Waals surface area contributed by atoms with Gasteiger partial charge in [0.15, 0.2) is 0 Å². The third-order valence-corrected chi connectivity index (χ3v) is 6.09. The zero-order valence-electron chi connectivity index (χ0n) is 22.4. The van der Waals surface area contributed by atoms with Gasteiger partial charge in [0.05, 0.1) is 0 Å². The molecule has 0 atom stereocenters. The van der Waals surface area contributed by atoms with Crippen molar-refractivity contribution < 1.29 is 0 Å². The average Bonchev–Trinajstić information content (AvgIpc) is 2.89. The average molecular weight is 461 g/mol. The summed E-state index contributed by atoms with van der Waals surface area (Å²) in [7, 11) is 0. The van der Waals surface area contributed by atoms with E-state index in [-0.39, 0.29) is 0 Å². The molecule has 0 aromatic heterocycles. The van der Waals surface area contributed by atoms with Gasteiger partial charge in [-0.2, -0.15) is 0 Å². The van der Waals surface area contributed by atoms with Gasteiger partial charge in [-0.1, -0.05) is 117 Å². The van der Waals surface area contributed by atoms with Crippen molar-refractivity contribution >= 4 is 11.1 Å². The van der Waals surface area contributed by atoms with Crippen molar-refractivity contribution in [3.05, 3.63) is 130 Å². The maximum Gasteiger partial charge on any atom is 0.0274 e. The van der Waals surface area contributed by atoms with Gasteiger partial charge in [-0.15, -0.1) is 6.42 Å². The molecule has 0 amide bonds. The highest BCUT2D eigenvalue weighted by Gasteiger charge is 2.12. The van der Waals surface area contributed by atoms with Crippen LogP contribution in [0.25, 0.3) is 11.1 Å². The van der Waals surface area contributed by atoms with E-state index in [9.17, 15) is 0 Å². The van der Waals surface area contributed by atoms with Crippen LogP contribution in [0.15, 0.2) is 91.0 Å². The molecule has 180 valence electrons. The predicted molar refractivity (Wildman–Crippen MR) is 157 cm³/mol. The zero-order valence-corrected chi connectivity index (χ0v) is 22.4. The molecule has 0 N–H and O–H groups in total. The van der Waals surface area contributed by atoms with Crippen LogP contribution < -0.4 is 0 Å². The third kappa shape index (κ3) is 7.73. The molecule has 0 saturated carbocycles. The molecule has 3 rings (SSSR count). The largest absolute Gasteiger partial charge is 0.115 e. The molecule has 0 spiro atoms. The molecule has 0 fully saturated rings. The van der Waals surface area contributed by atoms with Crippen molar-refractivity contribution in [1.29, 1.82) is 0 Å². The Morgan fingerprint density at radius 2 is 1.43 bits per heavy atom. The van der Waals surface area contributed by atoms with Crippen molar-refractivity contribution in [1.82, 2.24) is 0 Å². The van der Waals surface area contributed by atoms with Crippen molar-refractivity contribution in [3.8, 4) is 12.3 Å². The Kier molecular flexibility index (Phi) is 11.1. The number of terminal acetylenes is 1. The number of benzene rings is 3. The van der Waals surface area contributed by atoms with Gasteiger partial charge in [-0.3, -0.25) is 0 Å². The number of hydrogen-bond donors (Lipinski definition) is 0. The van der Waals surface area contributed by atoms with Gasteiger partial charge in [-0.05, 0) is 85.1 Å². The summed E-state index contributed by atoms with van der Waals surface area (Å²) < 4.78 is 0. The van der Waals surface area contributed by atoms with Gasteiger partial charge in [0.25, 0.3) is 0 Å². The maximum absolute atomic E-state index is 5.65. The van der Waals surface area contributed by atoms with Crippen molar-refractivity contribution in [2.45, 2.75) is 60.8 Å². The van der Waals surface area contributed by atoms with Crippen LogP contribution in [0.4, 0.5) is 0 Å². The van der Waals surface area contributed by atoms with Crippen LogP contribution in [-0.2, 0) is 6.42 Å². The molecular formula is C35H40. The highest BCUT2D eigenvalue weighted by atomic mass is 14.2. The first-order valence-electron chi connectivity index (χ1n) is 12.7. The molecule has 0 bridgehead atoms. The Balaban J connectivity index is 0.00000210. The topological polar surface area (TPSA) is 0 Å². The van der Waals surface area contributed by atoms with E-state index in [0.29, 0.717) is 0 Å². The van der Waals surface area contributed by atoms with Crippen LogP contribution in [0.1, 0.15) is 72.6 Å². The fraction of sp³-hybridized carbons (Fsp3) is 0.257. The molecule has 3 aromatic carbocycles. The Bertz CT molecular complexity index is 1210. The summed E-state index contributed by atoms with van der Waals surface area (Å²) in [4.78, 5) is 0. The molecule has 35 heavy (non-hydrogen) atoms. The first-order valence-corrected chi connectivity index (χ1v) is 12.7. The molecule has 0 radical (unpaired) electrons. The van der Waals surface area contributed by atoms with Gasteiger partial charge in [-0.25, -0.2) is 0 Å². The number of hydrogen-bond acceptors (Lipinski definition) is 0. The molecule has 3 aromatic rings. The number of rotatable bonds is 8. The lowest BCUT2D eigenvalue weighted by Gasteiger charge is -2.16. The highest BCUT2D eigenvalue weighted by molar-refractivity contribution is 6.01. The quantitative estimate of drug-likeness (QED) is 0.178. The minimum Gasteiger partial charge on any atom is -0.115 e. The highest BCUT2D eigenvalue weighted by Crippen LogP contribution is 2.34. The normalized spacial score (nSPS) is 11.3. The van der Waals surface area contributed by atoms with Crippen molar-refractivity contribution in [2.24, 2.45) is 0 Å². The number of allylic oxidation sites excluding steroid dienone is 5. The van der Waals surface area contributed by atoms with Gasteiger partial charge in [0.2, 0.25) is 0 Å². The molecule has 0 nitrogen and oxygen atoms in total. The van der Waals surface area contributed by atoms with Crippen LogP contribution >= 0.6 is 0 Å². The first-order chi connectivity index (χ1) is 16.9. The Morgan fingerprint density at radius 1 is 0.857 bits per heavy atom. The second-order valence-electron chi connectivity index (χ2n) is 8.71. The van der Waals surface area contributed by atoms with E-state index >= 15 is 0 Å². The second-order valence-corrected chi connectivity index (χ2v) is 8.71. The van der Waals surface area contributed by atoms with Gasteiger partial charge < -0.3 is 0 Å². The monoisotopic (exact) mass is 460 g/mol. The fourth-order valence-electron chi connectivity index (χ4n) is 3.94. The maximum atomic E-state index is 5.65. The Morgan fingerprint density at radius 3 is 1.97 bits per heavy atom. The second kappa shape index (κ2) is 14.0. The van der Waals surface area contributed by atoms with Crippen molar-refractivity contribution in [2.75, 3.05) is 0 Å². The first kappa shape index (κ1) is 27.7. The molecule has 0 aliphatic rings.